The van der Waals surface area contributed by atoms with Crippen molar-refractivity contribution in [1.29, 1.82) is 0 Å². The van der Waals surface area contributed by atoms with Gasteiger partial charge in [-0.2, -0.15) is 0 Å². The highest BCUT2D eigenvalue weighted by Crippen LogP contribution is 2.29. The van der Waals surface area contributed by atoms with Gasteiger partial charge in [-0.15, -0.1) is 11.3 Å². The van der Waals surface area contributed by atoms with Crippen molar-refractivity contribution in [2.75, 3.05) is 20.2 Å². The Balaban J connectivity index is 1.32. The number of halogens is 2. The van der Waals surface area contributed by atoms with Gasteiger partial charge in [0.2, 0.25) is 0 Å². The van der Waals surface area contributed by atoms with Crippen LogP contribution in [0.4, 0.5) is 4.39 Å². The lowest BCUT2D eigenvalue weighted by Crippen LogP contribution is -2.44. The molecule has 168 valence electrons. The molecular formula is C24H25ClFN3O2S. The SMILES string of the molecule is COc1ccc(CN2CCC(NC(=O)c3sc(-c4ccc(Cl)cc4)nc3C)CC2)cc1F. The summed E-state index contributed by atoms with van der Waals surface area (Å²) in [4.78, 5) is 20.4. The van der Waals surface area contributed by atoms with Gasteiger partial charge in [0.15, 0.2) is 11.6 Å². The number of amides is 1. The Morgan fingerprint density at radius 3 is 2.62 bits per heavy atom. The fraction of sp³-hybridized carbons (Fsp3) is 0.333. The number of piperidine rings is 1. The minimum absolute atomic E-state index is 0.0733. The van der Waals surface area contributed by atoms with Gasteiger partial charge in [-0.25, -0.2) is 9.37 Å². The van der Waals surface area contributed by atoms with E-state index in [2.05, 4.69) is 15.2 Å². The van der Waals surface area contributed by atoms with Crippen molar-refractivity contribution in [3.8, 4) is 16.3 Å². The van der Waals surface area contributed by atoms with Gasteiger partial charge in [0.25, 0.3) is 5.91 Å². The van der Waals surface area contributed by atoms with Gasteiger partial charge in [-0.1, -0.05) is 29.8 Å². The first-order valence-electron chi connectivity index (χ1n) is 10.5. The van der Waals surface area contributed by atoms with Crippen molar-refractivity contribution >= 4 is 28.8 Å². The van der Waals surface area contributed by atoms with E-state index in [1.807, 2.05) is 37.3 Å². The predicted octanol–water partition coefficient (Wildman–Crippen LogP) is 5.31. The maximum atomic E-state index is 13.9. The molecule has 0 atom stereocenters. The highest BCUT2D eigenvalue weighted by Gasteiger charge is 2.24. The summed E-state index contributed by atoms with van der Waals surface area (Å²) in [7, 11) is 1.46. The number of aromatic nitrogens is 1. The number of benzene rings is 2. The van der Waals surface area contributed by atoms with Gasteiger partial charge in [-0.3, -0.25) is 9.69 Å². The molecule has 32 heavy (non-hydrogen) atoms. The molecule has 1 aliphatic heterocycles. The second kappa shape index (κ2) is 9.98. The summed E-state index contributed by atoms with van der Waals surface area (Å²) in [6.45, 7) is 4.23. The molecule has 1 fully saturated rings. The van der Waals surface area contributed by atoms with E-state index < -0.39 is 0 Å². The average Bonchev–Trinajstić information content (AvgIpc) is 3.17. The standard InChI is InChI=1S/C24H25ClFN3O2S/c1-15-22(32-24(27-15)17-4-6-18(25)7-5-17)23(30)28-19-9-11-29(12-10-19)14-16-3-8-21(31-2)20(26)13-16/h3-8,13,19H,9-12,14H2,1-2H3,(H,28,30). The maximum Gasteiger partial charge on any atom is 0.263 e. The number of methoxy groups -OCH3 is 1. The number of carbonyl (C=O) groups is 1. The minimum Gasteiger partial charge on any atom is -0.494 e. The lowest BCUT2D eigenvalue weighted by Gasteiger charge is -2.32. The number of rotatable bonds is 6. The Hall–Kier alpha value is -2.48. The van der Waals surface area contributed by atoms with Crippen molar-refractivity contribution in [2.24, 2.45) is 0 Å². The Morgan fingerprint density at radius 1 is 1.25 bits per heavy atom. The fourth-order valence-corrected chi connectivity index (χ4v) is 4.98. The lowest BCUT2D eigenvalue weighted by atomic mass is 10.0. The molecule has 0 unspecified atom stereocenters. The molecule has 0 saturated carbocycles. The first-order valence-corrected chi connectivity index (χ1v) is 11.7. The first kappa shape index (κ1) is 22.7. The number of nitrogens with one attached hydrogen (secondary N) is 1. The molecule has 1 aromatic heterocycles. The number of aryl methyl sites for hydroxylation is 1. The lowest BCUT2D eigenvalue weighted by molar-refractivity contribution is 0.0912. The van der Waals surface area contributed by atoms with Crippen molar-refractivity contribution < 1.29 is 13.9 Å². The van der Waals surface area contributed by atoms with Crippen LogP contribution in [-0.2, 0) is 6.54 Å². The summed E-state index contributed by atoms with van der Waals surface area (Å²) >= 11 is 7.36. The molecule has 4 rings (SSSR count). The largest absolute Gasteiger partial charge is 0.494 e. The molecule has 0 aliphatic carbocycles. The summed E-state index contributed by atoms with van der Waals surface area (Å²) in [6.07, 6.45) is 1.71. The molecule has 5 nitrogen and oxygen atoms in total. The Morgan fingerprint density at radius 2 is 1.97 bits per heavy atom. The van der Waals surface area contributed by atoms with Crippen LogP contribution in [0.1, 0.15) is 33.8 Å². The molecular weight excluding hydrogens is 449 g/mol. The van der Waals surface area contributed by atoms with Crippen molar-refractivity contribution in [2.45, 2.75) is 32.4 Å². The number of carbonyl (C=O) groups excluding carboxylic acids is 1. The molecule has 1 aliphatic rings. The van der Waals surface area contributed by atoms with E-state index in [1.165, 1.54) is 24.5 Å². The van der Waals surface area contributed by atoms with E-state index in [1.54, 1.807) is 6.07 Å². The molecule has 1 amide bonds. The normalized spacial score (nSPS) is 15.0. The molecule has 8 heteroatoms. The van der Waals surface area contributed by atoms with E-state index in [4.69, 9.17) is 16.3 Å². The average molecular weight is 474 g/mol. The Bertz CT molecular complexity index is 1100. The molecule has 2 aromatic carbocycles. The van der Waals surface area contributed by atoms with Crippen LogP contribution < -0.4 is 10.1 Å². The molecule has 0 bridgehead atoms. The summed E-state index contributed by atoms with van der Waals surface area (Å²) in [5.41, 5.74) is 2.60. The molecule has 0 spiro atoms. The van der Waals surface area contributed by atoms with Gasteiger partial charge in [0.05, 0.1) is 12.8 Å². The first-order chi connectivity index (χ1) is 15.4. The van der Waals surface area contributed by atoms with Gasteiger partial charge in [0, 0.05) is 36.3 Å². The van der Waals surface area contributed by atoms with Crippen LogP contribution >= 0.6 is 22.9 Å². The van der Waals surface area contributed by atoms with Crippen LogP contribution in [0.25, 0.3) is 10.6 Å². The van der Waals surface area contributed by atoms with Gasteiger partial charge >= 0.3 is 0 Å². The number of hydrogen-bond donors (Lipinski definition) is 1. The van der Waals surface area contributed by atoms with E-state index >= 15 is 0 Å². The third-order valence-electron chi connectivity index (χ3n) is 5.64. The highest BCUT2D eigenvalue weighted by molar-refractivity contribution is 7.17. The topological polar surface area (TPSA) is 54.5 Å². The third-order valence-corrected chi connectivity index (χ3v) is 7.10. The van der Waals surface area contributed by atoms with Crippen molar-refractivity contribution in [3.63, 3.8) is 0 Å². The molecule has 0 radical (unpaired) electrons. The quantitative estimate of drug-likeness (QED) is 0.527. The summed E-state index contributed by atoms with van der Waals surface area (Å²) in [5.74, 6) is -0.159. The zero-order valence-electron chi connectivity index (χ0n) is 18.0. The molecule has 2 heterocycles. The van der Waals surface area contributed by atoms with Crippen LogP contribution in [0.3, 0.4) is 0 Å². The van der Waals surface area contributed by atoms with Crippen LogP contribution in [0.2, 0.25) is 5.02 Å². The smallest absolute Gasteiger partial charge is 0.263 e. The van der Waals surface area contributed by atoms with E-state index in [0.29, 0.717) is 16.4 Å². The number of hydrogen-bond acceptors (Lipinski definition) is 5. The number of ether oxygens (including phenoxy) is 1. The summed E-state index contributed by atoms with van der Waals surface area (Å²) in [6, 6.07) is 12.7. The third kappa shape index (κ3) is 5.28. The zero-order valence-corrected chi connectivity index (χ0v) is 19.6. The second-order valence-corrected chi connectivity index (χ2v) is 9.37. The Kier molecular flexibility index (Phi) is 7.08. The van der Waals surface area contributed by atoms with E-state index in [9.17, 15) is 9.18 Å². The predicted molar refractivity (Wildman–Crippen MR) is 126 cm³/mol. The van der Waals surface area contributed by atoms with Gasteiger partial charge < -0.3 is 10.1 Å². The van der Waals surface area contributed by atoms with Gasteiger partial charge in [-0.05, 0) is 49.6 Å². The highest BCUT2D eigenvalue weighted by atomic mass is 35.5. The molecule has 1 N–H and O–H groups in total. The van der Waals surface area contributed by atoms with Crippen LogP contribution in [0.15, 0.2) is 42.5 Å². The number of nitrogens with zero attached hydrogens (tertiary/aromatic N) is 2. The Labute approximate surface area is 196 Å². The van der Waals surface area contributed by atoms with Crippen molar-refractivity contribution in [3.05, 3.63) is 69.4 Å². The van der Waals surface area contributed by atoms with E-state index in [0.717, 1.165) is 47.8 Å². The van der Waals surface area contributed by atoms with Gasteiger partial charge in [0.1, 0.15) is 9.88 Å². The molecule has 3 aromatic rings. The van der Waals surface area contributed by atoms with Crippen LogP contribution in [0.5, 0.6) is 5.75 Å². The maximum absolute atomic E-state index is 13.9. The monoisotopic (exact) mass is 473 g/mol. The van der Waals surface area contributed by atoms with Crippen LogP contribution in [0, 0.1) is 12.7 Å². The summed E-state index contributed by atoms with van der Waals surface area (Å²) < 4.78 is 18.9. The molecule has 1 saturated heterocycles. The number of thiazole rings is 1. The summed E-state index contributed by atoms with van der Waals surface area (Å²) in [5, 5.41) is 4.65. The van der Waals surface area contributed by atoms with E-state index in [-0.39, 0.29) is 23.5 Å². The fourth-order valence-electron chi connectivity index (χ4n) is 3.88. The second-order valence-electron chi connectivity index (χ2n) is 7.93. The van der Waals surface area contributed by atoms with Crippen LogP contribution in [-0.4, -0.2) is 42.0 Å². The minimum atomic E-state index is -0.343. The number of likely N-dealkylation sites (tertiary alicyclic amines) is 1. The van der Waals surface area contributed by atoms with Crippen molar-refractivity contribution in [1.82, 2.24) is 15.2 Å². The zero-order chi connectivity index (χ0) is 22.7.